The van der Waals surface area contributed by atoms with Crippen LogP contribution >= 0.6 is 0 Å². The van der Waals surface area contributed by atoms with Gasteiger partial charge in [0.05, 0.1) is 0 Å². The number of carbonyl (C=O) groups is 1. The molecular formula is C9H10NO2. The molecule has 12 heavy (non-hydrogen) atoms. The first-order valence-corrected chi connectivity index (χ1v) is 3.72. The van der Waals surface area contributed by atoms with Crippen molar-refractivity contribution in [3.63, 3.8) is 0 Å². The van der Waals surface area contributed by atoms with Crippen LogP contribution in [0.5, 0.6) is 0 Å². The van der Waals surface area contributed by atoms with Crippen LogP contribution in [0.15, 0.2) is 30.3 Å². The van der Waals surface area contributed by atoms with E-state index in [9.17, 15) is 9.90 Å². The van der Waals surface area contributed by atoms with E-state index in [0.717, 1.165) is 0 Å². The van der Waals surface area contributed by atoms with E-state index in [1.54, 1.807) is 24.3 Å². The zero-order valence-corrected chi connectivity index (χ0v) is 6.78. The maximum absolute atomic E-state index is 11.1. The number of rotatable bonds is 2. The lowest BCUT2D eigenvalue weighted by molar-refractivity contribution is 0.0586. The summed E-state index contributed by atoms with van der Waals surface area (Å²) in [4.78, 5) is 11.1. The summed E-state index contributed by atoms with van der Waals surface area (Å²) in [5, 5.41) is 12.8. The summed E-state index contributed by atoms with van der Waals surface area (Å²) < 4.78 is 0. The van der Waals surface area contributed by atoms with Gasteiger partial charge in [0.1, 0.15) is 0 Å². The minimum Gasteiger partial charge on any atom is -0.324 e. The molecule has 0 aliphatic rings. The summed E-state index contributed by atoms with van der Waals surface area (Å²) in [6.45, 7) is 1.39. The van der Waals surface area contributed by atoms with Gasteiger partial charge in [-0.1, -0.05) is 18.2 Å². The SMILES string of the molecule is CC([O])NC(=O)c1ccccc1. The highest BCUT2D eigenvalue weighted by atomic mass is 16.3. The van der Waals surface area contributed by atoms with Gasteiger partial charge in [0.15, 0.2) is 6.23 Å². The van der Waals surface area contributed by atoms with Gasteiger partial charge in [0.2, 0.25) is 0 Å². The maximum Gasteiger partial charge on any atom is 0.253 e. The maximum atomic E-state index is 11.1. The van der Waals surface area contributed by atoms with Crippen LogP contribution in [0.3, 0.4) is 0 Å². The Balaban J connectivity index is 2.66. The Bertz CT molecular complexity index is 256. The number of nitrogens with one attached hydrogen (secondary N) is 1. The predicted molar refractivity (Wildman–Crippen MR) is 44.1 cm³/mol. The molecule has 1 rings (SSSR count). The molecule has 1 aromatic carbocycles. The van der Waals surface area contributed by atoms with E-state index >= 15 is 0 Å². The Kier molecular flexibility index (Phi) is 2.82. The van der Waals surface area contributed by atoms with Crippen molar-refractivity contribution in [2.24, 2.45) is 0 Å². The average Bonchev–Trinajstić information content (AvgIpc) is 2.05. The second-order valence-electron chi connectivity index (χ2n) is 2.48. The number of amides is 1. The fourth-order valence-corrected chi connectivity index (χ4v) is 0.857. The molecule has 0 heterocycles. The normalized spacial score (nSPS) is 12.2. The van der Waals surface area contributed by atoms with E-state index in [1.165, 1.54) is 6.92 Å². The minimum atomic E-state index is -1.06. The van der Waals surface area contributed by atoms with Crippen LogP contribution in [-0.2, 0) is 5.11 Å². The predicted octanol–water partition coefficient (Wildman–Crippen LogP) is 1.19. The van der Waals surface area contributed by atoms with Crippen molar-refractivity contribution >= 4 is 5.91 Å². The van der Waals surface area contributed by atoms with Crippen LogP contribution in [-0.4, -0.2) is 12.1 Å². The lowest BCUT2D eigenvalue weighted by Crippen LogP contribution is -2.31. The van der Waals surface area contributed by atoms with Gasteiger partial charge in [-0.15, -0.1) is 0 Å². The number of benzene rings is 1. The van der Waals surface area contributed by atoms with Gasteiger partial charge < -0.3 is 5.32 Å². The molecule has 0 saturated heterocycles. The Morgan fingerprint density at radius 1 is 1.33 bits per heavy atom. The Morgan fingerprint density at radius 3 is 2.42 bits per heavy atom. The summed E-state index contributed by atoms with van der Waals surface area (Å²) in [6.07, 6.45) is -1.06. The van der Waals surface area contributed by atoms with Crippen LogP contribution < -0.4 is 5.32 Å². The second-order valence-corrected chi connectivity index (χ2v) is 2.48. The molecule has 0 aliphatic carbocycles. The van der Waals surface area contributed by atoms with Gasteiger partial charge >= 0.3 is 0 Å². The first-order valence-electron chi connectivity index (χ1n) is 3.72. The molecule has 3 nitrogen and oxygen atoms in total. The van der Waals surface area contributed by atoms with E-state index in [-0.39, 0.29) is 5.91 Å². The second kappa shape index (κ2) is 3.88. The summed E-state index contributed by atoms with van der Waals surface area (Å²) in [5.74, 6) is -0.321. The van der Waals surface area contributed by atoms with Gasteiger partial charge in [-0.25, -0.2) is 5.11 Å². The molecule has 1 radical (unpaired) electrons. The summed E-state index contributed by atoms with van der Waals surface area (Å²) >= 11 is 0. The molecule has 1 amide bonds. The Labute approximate surface area is 71.0 Å². The first kappa shape index (κ1) is 8.74. The largest absolute Gasteiger partial charge is 0.324 e. The molecule has 0 spiro atoms. The first-order chi connectivity index (χ1) is 5.70. The Hall–Kier alpha value is -1.35. The van der Waals surface area contributed by atoms with Crippen molar-refractivity contribution in [1.82, 2.24) is 5.32 Å². The van der Waals surface area contributed by atoms with Crippen LogP contribution in [0.2, 0.25) is 0 Å². The Morgan fingerprint density at radius 2 is 1.92 bits per heavy atom. The average molecular weight is 164 g/mol. The smallest absolute Gasteiger partial charge is 0.253 e. The molecule has 0 saturated carbocycles. The van der Waals surface area contributed by atoms with Crippen molar-refractivity contribution in [2.45, 2.75) is 13.2 Å². The highest BCUT2D eigenvalue weighted by molar-refractivity contribution is 5.94. The van der Waals surface area contributed by atoms with Crippen LogP contribution in [0, 0.1) is 0 Å². The fraction of sp³-hybridized carbons (Fsp3) is 0.222. The van der Waals surface area contributed by atoms with Gasteiger partial charge in [-0.2, -0.15) is 0 Å². The van der Waals surface area contributed by atoms with Crippen molar-refractivity contribution in [3.05, 3.63) is 35.9 Å². The van der Waals surface area contributed by atoms with E-state index in [2.05, 4.69) is 5.32 Å². The number of hydrogen-bond donors (Lipinski definition) is 1. The highest BCUT2D eigenvalue weighted by Crippen LogP contribution is 1.97. The zero-order chi connectivity index (χ0) is 8.97. The van der Waals surface area contributed by atoms with E-state index in [1.807, 2.05) is 6.07 Å². The molecule has 0 bridgehead atoms. The van der Waals surface area contributed by atoms with Crippen molar-refractivity contribution in [2.75, 3.05) is 0 Å². The molecular weight excluding hydrogens is 154 g/mol. The van der Waals surface area contributed by atoms with E-state index in [4.69, 9.17) is 0 Å². The summed E-state index contributed by atoms with van der Waals surface area (Å²) in [5.41, 5.74) is 0.514. The third-order valence-corrected chi connectivity index (χ3v) is 1.37. The van der Waals surface area contributed by atoms with Crippen LogP contribution in [0.1, 0.15) is 17.3 Å². The molecule has 1 N–H and O–H groups in total. The fourth-order valence-electron chi connectivity index (χ4n) is 0.857. The lowest BCUT2D eigenvalue weighted by atomic mass is 10.2. The molecule has 0 aliphatic heterocycles. The molecule has 63 valence electrons. The molecule has 1 atom stereocenters. The zero-order valence-electron chi connectivity index (χ0n) is 6.78. The van der Waals surface area contributed by atoms with Crippen molar-refractivity contribution < 1.29 is 9.90 Å². The molecule has 1 unspecified atom stereocenters. The lowest BCUT2D eigenvalue weighted by Gasteiger charge is -2.04. The van der Waals surface area contributed by atoms with Gasteiger partial charge in [0.25, 0.3) is 5.91 Å². The minimum absolute atomic E-state index is 0.321. The molecule has 1 aromatic rings. The highest BCUT2D eigenvalue weighted by Gasteiger charge is 2.06. The third kappa shape index (κ3) is 2.36. The van der Waals surface area contributed by atoms with Gasteiger partial charge in [-0.05, 0) is 19.1 Å². The van der Waals surface area contributed by atoms with Gasteiger partial charge in [-0.3, -0.25) is 4.79 Å². The quantitative estimate of drug-likeness (QED) is 0.656. The van der Waals surface area contributed by atoms with Crippen LogP contribution in [0.25, 0.3) is 0 Å². The summed E-state index contributed by atoms with van der Waals surface area (Å²) in [7, 11) is 0. The van der Waals surface area contributed by atoms with Crippen molar-refractivity contribution in [1.29, 1.82) is 0 Å². The molecule has 0 aromatic heterocycles. The molecule has 0 fully saturated rings. The van der Waals surface area contributed by atoms with Crippen molar-refractivity contribution in [3.8, 4) is 0 Å². The third-order valence-electron chi connectivity index (χ3n) is 1.37. The topological polar surface area (TPSA) is 49.0 Å². The number of hydrogen-bond acceptors (Lipinski definition) is 1. The number of carbonyl (C=O) groups excluding carboxylic acids is 1. The van der Waals surface area contributed by atoms with E-state index < -0.39 is 6.23 Å². The van der Waals surface area contributed by atoms with Gasteiger partial charge in [0, 0.05) is 5.56 Å². The van der Waals surface area contributed by atoms with E-state index in [0.29, 0.717) is 5.56 Å². The summed E-state index contributed by atoms with van der Waals surface area (Å²) in [6, 6.07) is 8.65. The molecule has 3 heteroatoms. The standard InChI is InChI=1S/C9H10NO2/c1-7(11)10-9(12)8-5-3-2-4-6-8/h2-7H,1H3,(H,10,12). The van der Waals surface area contributed by atoms with Crippen LogP contribution in [0.4, 0.5) is 0 Å². The monoisotopic (exact) mass is 164 g/mol.